The van der Waals surface area contributed by atoms with Crippen molar-refractivity contribution in [3.05, 3.63) is 56.7 Å². The highest BCUT2D eigenvalue weighted by Crippen LogP contribution is 2.44. The molecular formula is C14H17N3O2S. The van der Waals surface area contributed by atoms with Gasteiger partial charge in [0.1, 0.15) is 10.5 Å². The highest BCUT2D eigenvalue weighted by molar-refractivity contribution is 7.09. The van der Waals surface area contributed by atoms with Crippen molar-refractivity contribution in [3.63, 3.8) is 0 Å². The summed E-state index contributed by atoms with van der Waals surface area (Å²) in [5, 5.41) is 20.0. The highest BCUT2D eigenvalue weighted by atomic mass is 32.1. The number of rotatable bonds is 6. The summed E-state index contributed by atoms with van der Waals surface area (Å²) in [5.41, 5.74) is 2.66. The van der Waals surface area contributed by atoms with E-state index in [1.807, 2.05) is 13.0 Å². The topological polar surface area (TPSA) is 68.9 Å². The van der Waals surface area contributed by atoms with E-state index in [-0.39, 0.29) is 11.6 Å². The molecule has 106 valence electrons. The highest BCUT2D eigenvalue weighted by Gasteiger charge is 2.33. The van der Waals surface area contributed by atoms with Gasteiger partial charge < -0.3 is 0 Å². The predicted molar refractivity (Wildman–Crippen MR) is 79.0 cm³/mol. The lowest BCUT2D eigenvalue weighted by Gasteiger charge is -2.33. The van der Waals surface area contributed by atoms with Crippen molar-refractivity contribution in [2.75, 3.05) is 0 Å². The Balaban J connectivity index is 2.35. The van der Waals surface area contributed by atoms with Gasteiger partial charge in [-0.25, -0.2) is 0 Å². The van der Waals surface area contributed by atoms with Crippen molar-refractivity contribution in [2.24, 2.45) is 5.92 Å². The Morgan fingerprint density at radius 3 is 2.80 bits per heavy atom. The maximum atomic E-state index is 11.0. The molecule has 6 heteroatoms. The lowest BCUT2D eigenvalue weighted by atomic mass is 9.73. The van der Waals surface area contributed by atoms with E-state index in [1.165, 1.54) is 23.8 Å². The van der Waals surface area contributed by atoms with Crippen LogP contribution in [0.2, 0.25) is 0 Å². The molecule has 1 saturated carbocycles. The molecule has 0 N–H and O–H groups in total. The van der Waals surface area contributed by atoms with E-state index in [4.69, 9.17) is 0 Å². The number of nitrogens with zero attached hydrogens (tertiary/aromatic N) is 3. The largest absolute Gasteiger partial charge is 0.269 e. The van der Waals surface area contributed by atoms with E-state index in [0.29, 0.717) is 5.92 Å². The minimum Gasteiger partial charge on any atom is -0.258 e. The van der Waals surface area contributed by atoms with Crippen LogP contribution in [0.15, 0.2) is 41.6 Å². The molecule has 1 aromatic heterocycles. The number of hydrogen-bond acceptors (Lipinski definition) is 5. The summed E-state index contributed by atoms with van der Waals surface area (Å²) in [5.74, 6) is 0.611. The Bertz CT molecular complexity index is 545. The van der Waals surface area contributed by atoms with Gasteiger partial charge >= 0.3 is 0 Å². The van der Waals surface area contributed by atoms with Crippen LogP contribution in [0.3, 0.4) is 0 Å². The number of nitro groups is 1. The molecule has 0 spiro atoms. The van der Waals surface area contributed by atoms with Crippen LogP contribution in [-0.2, 0) is 0 Å². The molecule has 0 aromatic carbocycles. The van der Waals surface area contributed by atoms with E-state index in [1.54, 1.807) is 11.6 Å². The van der Waals surface area contributed by atoms with Gasteiger partial charge in [0.25, 0.3) is 5.70 Å². The first-order valence-corrected chi connectivity index (χ1v) is 7.46. The second kappa shape index (κ2) is 6.56. The lowest BCUT2D eigenvalue weighted by molar-refractivity contribution is -0.419. The summed E-state index contributed by atoms with van der Waals surface area (Å²) in [7, 11) is 0. The van der Waals surface area contributed by atoms with Crippen LogP contribution in [0.1, 0.15) is 37.1 Å². The fourth-order valence-corrected chi connectivity index (χ4v) is 3.19. The van der Waals surface area contributed by atoms with E-state index in [9.17, 15) is 10.1 Å². The lowest BCUT2D eigenvalue weighted by Crippen LogP contribution is -2.22. The standard InChI is InChI=1S/C14H17N3O2S/c1-3-10(8-12(4-2)17(18)19)13(11-6-5-7-11)14-16-15-9-20-14/h3-4,8-9,11,13H,2,5-7H2,1H3/b10-3+,12-8+. The van der Waals surface area contributed by atoms with E-state index in [0.717, 1.165) is 23.4 Å². The van der Waals surface area contributed by atoms with Crippen LogP contribution in [0.25, 0.3) is 0 Å². The first kappa shape index (κ1) is 14.6. The van der Waals surface area contributed by atoms with E-state index >= 15 is 0 Å². The van der Waals surface area contributed by atoms with Gasteiger partial charge in [-0.1, -0.05) is 19.1 Å². The summed E-state index contributed by atoms with van der Waals surface area (Å²) in [4.78, 5) is 10.5. The van der Waals surface area contributed by atoms with Crippen LogP contribution < -0.4 is 0 Å². The third-order valence-corrected chi connectivity index (χ3v) is 4.47. The number of allylic oxidation sites excluding steroid dienone is 4. The Labute approximate surface area is 121 Å². The van der Waals surface area contributed by atoms with Crippen LogP contribution in [0, 0.1) is 16.0 Å². The maximum absolute atomic E-state index is 11.0. The average Bonchev–Trinajstić information content (AvgIpc) is 2.89. The minimum atomic E-state index is -0.408. The fourth-order valence-electron chi connectivity index (χ4n) is 2.42. The van der Waals surface area contributed by atoms with Crippen LogP contribution in [0.5, 0.6) is 0 Å². The fraction of sp³-hybridized carbons (Fsp3) is 0.429. The van der Waals surface area contributed by atoms with Crippen molar-refractivity contribution in [1.29, 1.82) is 0 Å². The van der Waals surface area contributed by atoms with Gasteiger partial charge in [0.05, 0.1) is 4.92 Å². The average molecular weight is 291 g/mol. The monoisotopic (exact) mass is 291 g/mol. The van der Waals surface area contributed by atoms with Crippen molar-refractivity contribution in [2.45, 2.75) is 32.1 Å². The third-order valence-electron chi connectivity index (χ3n) is 3.69. The first-order chi connectivity index (χ1) is 9.67. The predicted octanol–water partition coefficient (Wildman–Crippen LogP) is 3.71. The van der Waals surface area contributed by atoms with Crippen LogP contribution >= 0.6 is 11.3 Å². The molecule has 1 fully saturated rings. The summed E-state index contributed by atoms with van der Waals surface area (Å²) < 4.78 is 0. The van der Waals surface area contributed by atoms with Crippen molar-refractivity contribution in [1.82, 2.24) is 10.2 Å². The molecule has 1 aliphatic carbocycles. The molecule has 1 heterocycles. The molecule has 5 nitrogen and oxygen atoms in total. The smallest absolute Gasteiger partial charge is 0.258 e. The second-order valence-electron chi connectivity index (χ2n) is 4.76. The summed E-state index contributed by atoms with van der Waals surface area (Å²) in [6.45, 7) is 5.41. The molecule has 0 radical (unpaired) electrons. The SMILES string of the molecule is C=C/C(=C\C(=C/C)C(c1nncs1)C1CCC1)[N+](=O)[O-]. The zero-order valence-corrected chi connectivity index (χ0v) is 12.2. The zero-order chi connectivity index (χ0) is 14.5. The van der Waals surface area contributed by atoms with Crippen LogP contribution in [-0.4, -0.2) is 15.1 Å². The molecule has 20 heavy (non-hydrogen) atoms. The maximum Gasteiger partial charge on any atom is 0.269 e. The molecule has 0 amide bonds. The Morgan fingerprint density at radius 1 is 1.65 bits per heavy atom. The summed E-state index contributed by atoms with van der Waals surface area (Å²) in [6, 6.07) is 0. The zero-order valence-electron chi connectivity index (χ0n) is 11.4. The molecule has 2 rings (SSSR count). The van der Waals surface area contributed by atoms with Crippen LogP contribution in [0.4, 0.5) is 0 Å². The molecule has 0 aliphatic heterocycles. The van der Waals surface area contributed by atoms with E-state index in [2.05, 4.69) is 16.8 Å². The minimum absolute atomic E-state index is 0.0203. The van der Waals surface area contributed by atoms with E-state index < -0.39 is 4.92 Å². The second-order valence-corrected chi connectivity index (χ2v) is 5.63. The Hall–Kier alpha value is -1.82. The van der Waals surface area contributed by atoms with Gasteiger partial charge in [-0.15, -0.1) is 21.5 Å². The normalized spacial score (nSPS) is 18.4. The van der Waals surface area contributed by atoms with Gasteiger partial charge in [0.2, 0.25) is 0 Å². The summed E-state index contributed by atoms with van der Waals surface area (Å²) in [6.07, 6.45) is 8.30. The van der Waals surface area contributed by atoms with Crippen molar-refractivity contribution >= 4 is 11.3 Å². The van der Waals surface area contributed by atoms with Gasteiger partial charge in [-0.3, -0.25) is 10.1 Å². The molecule has 0 bridgehead atoms. The first-order valence-electron chi connectivity index (χ1n) is 6.58. The molecule has 1 aliphatic rings. The third kappa shape index (κ3) is 3.01. The van der Waals surface area contributed by atoms with Gasteiger partial charge in [0.15, 0.2) is 0 Å². The Kier molecular flexibility index (Phi) is 4.79. The van der Waals surface area contributed by atoms with Gasteiger partial charge in [-0.2, -0.15) is 0 Å². The Morgan fingerprint density at radius 2 is 2.40 bits per heavy atom. The summed E-state index contributed by atoms with van der Waals surface area (Å²) >= 11 is 1.51. The molecule has 0 saturated heterocycles. The quantitative estimate of drug-likeness (QED) is 0.455. The number of hydrogen-bond donors (Lipinski definition) is 0. The van der Waals surface area contributed by atoms with Crippen molar-refractivity contribution in [3.8, 4) is 0 Å². The molecule has 1 atom stereocenters. The molecule has 1 aromatic rings. The van der Waals surface area contributed by atoms with Crippen molar-refractivity contribution < 1.29 is 4.92 Å². The van der Waals surface area contributed by atoms with Gasteiger partial charge in [0, 0.05) is 18.1 Å². The molecule has 1 unspecified atom stereocenters. The molecular weight excluding hydrogens is 274 g/mol. The van der Waals surface area contributed by atoms with Gasteiger partial charge in [-0.05, 0) is 31.3 Å². The number of aromatic nitrogens is 2.